The predicted molar refractivity (Wildman–Crippen MR) is 91.8 cm³/mol. The molecule has 0 atom stereocenters. The summed E-state index contributed by atoms with van der Waals surface area (Å²) < 4.78 is 11.0. The molecular formula is C18H19ClN2O3. The first kappa shape index (κ1) is 16.6. The first-order valence-electron chi connectivity index (χ1n) is 7.87. The van der Waals surface area contributed by atoms with E-state index >= 15 is 0 Å². The highest BCUT2D eigenvalue weighted by Gasteiger charge is 2.25. The minimum Gasteiger partial charge on any atom is -0.490 e. The van der Waals surface area contributed by atoms with Gasteiger partial charge in [0.2, 0.25) is 5.88 Å². The first-order chi connectivity index (χ1) is 11.7. The summed E-state index contributed by atoms with van der Waals surface area (Å²) in [5, 5.41) is 0.690. The van der Waals surface area contributed by atoms with E-state index < -0.39 is 0 Å². The lowest BCUT2D eigenvalue weighted by Gasteiger charge is -2.32. The number of amides is 1. The highest BCUT2D eigenvalue weighted by Crippen LogP contribution is 2.22. The normalized spacial score (nSPS) is 15.2. The van der Waals surface area contributed by atoms with Gasteiger partial charge >= 0.3 is 0 Å². The van der Waals surface area contributed by atoms with Crippen molar-refractivity contribution < 1.29 is 14.3 Å². The molecule has 0 saturated carbocycles. The number of benzene rings is 1. The van der Waals surface area contributed by atoms with E-state index in [1.807, 2.05) is 29.2 Å². The average Bonchev–Trinajstić information content (AvgIpc) is 2.64. The smallest absolute Gasteiger partial charge is 0.254 e. The Kier molecular flexibility index (Phi) is 5.20. The highest BCUT2D eigenvalue weighted by atomic mass is 35.5. The summed E-state index contributed by atoms with van der Waals surface area (Å²) in [6, 6.07) is 10.7. The second-order valence-electron chi connectivity index (χ2n) is 5.65. The number of ether oxygens (including phenoxy) is 2. The van der Waals surface area contributed by atoms with Crippen LogP contribution in [-0.2, 0) is 0 Å². The number of pyridine rings is 1. The van der Waals surface area contributed by atoms with Crippen LogP contribution in [0.1, 0.15) is 23.2 Å². The van der Waals surface area contributed by atoms with E-state index in [1.54, 1.807) is 18.3 Å². The number of aromatic nitrogens is 1. The first-order valence-corrected chi connectivity index (χ1v) is 8.25. The highest BCUT2D eigenvalue weighted by molar-refractivity contribution is 6.30. The van der Waals surface area contributed by atoms with Gasteiger partial charge in [0, 0.05) is 48.8 Å². The molecule has 0 unspecified atom stereocenters. The number of carbonyl (C=O) groups is 1. The van der Waals surface area contributed by atoms with Crippen molar-refractivity contribution in [2.24, 2.45) is 0 Å². The predicted octanol–water partition coefficient (Wildman–Crippen LogP) is 3.43. The Balaban J connectivity index is 1.56. The van der Waals surface area contributed by atoms with Crippen LogP contribution >= 0.6 is 11.6 Å². The number of likely N-dealkylation sites (tertiary alicyclic amines) is 1. The summed E-state index contributed by atoms with van der Waals surface area (Å²) in [6.07, 6.45) is 3.30. The molecule has 1 aromatic heterocycles. The molecule has 0 radical (unpaired) electrons. The average molecular weight is 347 g/mol. The van der Waals surface area contributed by atoms with Crippen molar-refractivity contribution in [3.8, 4) is 11.6 Å². The number of piperidine rings is 1. The summed E-state index contributed by atoms with van der Waals surface area (Å²) in [5.41, 5.74) is 0.596. The summed E-state index contributed by atoms with van der Waals surface area (Å²) in [6.45, 7) is 1.34. The maximum Gasteiger partial charge on any atom is 0.254 e. The number of hydrogen-bond acceptors (Lipinski definition) is 4. The number of methoxy groups -OCH3 is 1. The fraction of sp³-hybridized carbons (Fsp3) is 0.333. The number of hydrogen-bond donors (Lipinski definition) is 0. The Labute approximate surface area is 146 Å². The van der Waals surface area contributed by atoms with Crippen LogP contribution in [0.3, 0.4) is 0 Å². The Bertz CT molecular complexity index is 698. The van der Waals surface area contributed by atoms with E-state index in [2.05, 4.69) is 4.98 Å². The van der Waals surface area contributed by atoms with Gasteiger partial charge in [-0.15, -0.1) is 0 Å². The molecule has 0 bridgehead atoms. The minimum atomic E-state index is 0.000595. The van der Waals surface area contributed by atoms with Crippen LogP contribution in [0.25, 0.3) is 0 Å². The quantitative estimate of drug-likeness (QED) is 0.851. The maximum atomic E-state index is 12.6. The Hall–Kier alpha value is -2.27. The molecule has 0 N–H and O–H groups in total. The number of halogens is 1. The molecule has 1 saturated heterocycles. The molecule has 5 nitrogen and oxygen atoms in total. The molecule has 0 aliphatic carbocycles. The lowest BCUT2D eigenvalue weighted by atomic mass is 10.1. The van der Waals surface area contributed by atoms with Crippen molar-refractivity contribution >= 4 is 17.5 Å². The third-order valence-electron chi connectivity index (χ3n) is 4.04. The molecule has 2 aromatic rings. The standard InChI is InChI=1S/C18H19ClN2O3/c1-23-17-12-13(6-9-20-17)18(22)21-10-7-16(8-11-21)24-15-4-2-14(19)3-5-15/h2-6,9,12,16H,7-8,10-11H2,1H3. The molecular weight excluding hydrogens is 328 g/mol. The maximum absolute atomic E-state index is 12.6. The monoisotopic (exact) mass is 346 g/mol. The van der Waals surface area contributed by atoms with Crippen LogP contribution in [0.15, 0.2) is 42.6 Å². The van der Waals surface area contributed by atoms with Crippen molar-refractivity contribution in [1.29, 1.82) is 0 Å². The van der Waals surface area contributed by atoms with Gasteiger partial charge in [-0.25, -0.2) is 4.98 Å². The molecule has 6 heteroatoms. The third kappa shape index (κ3) is 3.97. The van der Waals surface area contributed by atoms with E-state index in [1.165, 1.54) is 7.11 Å². The molecule has 126 valence electrons. The second-order valence-corrected chi connectivity index (χ2v) is 6.09. The van der Waals surface area contributed by atoms with E-state index in [-0.39, 0.29) is 12.0 Å². The van der Waals surface area contributed by atoms with Crippen LogP contribution in [-0.4, -0.2) is 42.1 Å². The Morgan fingerprint density at radius 2 is 1.92 bits per heavy atom. The molecule has 3 rings (SSSR count). The van der Waals surface area contributed by atoms with Gasteiger partial charge in [0.1, 0.15) is 11.9 Å². The molecule has 1 aromatic carbocycles. The Morgan fingerprint density at radius 3 is 2.58 bits per heavy atom. The molecule has 1 fully saturated rings. The molecule has 2 heterocycles. The van der Waals surface area contributed by atoms with E-state index in [4.69, 9.17) is 21.1 Å². The summed E-state index contributed by atoms with van der Waals surface area (Å²) in [7, 11) is 1.54. The van der Waals surface area contributed by atoms with Crippen LogP contribution in [0.2, 0.25) is 5.02 Å². The number of rotatable bonds is 4. The summed E-state index contributed by atoms with van der Waals surface area (Å²) >= 11 is 5.88. The second kappa shape index (κ2) is 7.53. The van der Waals surface area contributed by atoms with E-state index in [9.17, 15) is 4.79 Å². The van der Waals surface area contributed by atoms with E-state index in [0.29, 0.717) is 29.6 Å². The lowest BCUT2D eigenvalue weighted by Crippen LogP contribution is -2.41. The van der Waals surface area contributed by atoms with Crippen LogP contribution in [0.5, 0.6) is 11.6 Å². The van der Waals surface area contributed by atoms with Crippen LogP contribution < -0.4 is 9.47 Å². The topological polar surface area (TPSA) is 51.7 Å². The van der Waals surface area contributed by atoms with Crippen molar-refractivity contribution in [1.82, 2.24) is 9.88 Å². The van der Waals surface area contributed by atoms with Gasteiger partial charge in [0.25, 0.3) is 5.91 Å². The molecule has 24 heavy (non-hydrogen) atoms. The van der Waals surface area contributed by atoms with Crippen LogP contribution in [0, 0.1) is 0 Å². The molecule has 1 amide bonds. The third-order valence-corrected chi connectivity index (χ3v) is 4.29. The zero-order chi connectivity index (χ0) is 16.9. The van der Waals surface area contributed by atoms with Gasteiger partial charge in [-0.3, -0.25) is 4.79 Å². The van der Waals surface area contributed by atoms with Crippen molar-refractivity contribution in [3.05, 3.63) is 53.2 Å². The zero-order valence-corrected chi connectivity index (χ0v) is 14.2. The van der Waals surface area contributed by atoms with Gasteiger partial charge in [0.15, 0.2) is 0 Å². The number of nitrogens with zero attached hydrogens (tertiary/aromatic N) is 2. The fourth-order valence-corrected chi connectivity index (χ4v) is 2.85. The van der Waals surface area contributed by atoms with Crippen LogP contribution in [0.4, 0.5) is 0 Å². The summed E-state index contributed by atoms with van der Waals surface area (Å²) in [5.74, 6) is 1.26. The van der Waals surface area contributed by atoms with Crippen molar-refractivity contribution in [3.63, 3.8) is 0 Å². The Morgan fingerprint density at radius 1 is 1.21 bits per heavy atom. The summed E-state index contributed by atoms with van der Waals surface area (Å²) in [4.78, 5) is 18.4. The SMILES string of the molecule is COc1cc(C(=O)N2CCC(Oc3ccc(Cl)cc3)CC2)ccn1. The molecule has 0 spiro atoms. The molecule has 1 aliphatic rings. The van der Waals surface area contributed by atoms with Crippen molar-refractivity contribution in [2.45, 2.75) is 18.9 Å². The lowest BCUT2D eigenvalue weighted by molar-refractivity contribution is 0.0595. The zero-order valence-electron chi connectivity index (χ0n) is 13.4. The van der Waals surface area contributed by atoms with Gasteiger partial charge in [-0.2, -0.15) is 0 Å². The molecule has 1 aliphatic heterocycles. The van der Waals surface area contributed by atoms with Crippen molar-refractivity contribution in [2.75, 3.05) is 20.2 Å². The van der Waals surface area contributed by atoms with E-state index in [0.717, 1.165) is 18.6 Å². The van der Waals surface area contributed by atoms with Gasteiger partial charge < -0.3 is 14.4 Å². The van der Waals surface area contributed by atoms with Gasteiger partial charge in [-0.1, -0.05) is 11.6 Å². The number of carbonyl (C=O) groups excluding carboxylic acids is 1. The largest absolute Gasteiger partial charge is 0.490 e. The fourth-order valence-electron chi connectivity index (χ4n) is 2.72. The van der Waals surface area contributed by atoms with Gasteiger partial charge in [0.05, 0.1) is 7.11 Å². The van der Waals surface area contributed by atoms with Gasteiger partial charge in [-0.05, 0) is 30.3 Å². The minimum absolute atomic E-state index is 0.000595.